The van der Waals surface area contributed by atoms with Gasteiger partial charge in [-0.05, 0) is 13.0 Å². The van der Waals surface area contributed by atoms with Gasteiger partial charge in [0.05, 0.1) is 0 Å². The first-order valence-electron chi connectivity index (χ1n) is 5.72. The van der Waals surface area contributed by atoms with Crippen molar-refractivity contribution in [1.82, 2.24) is 24.7 Å². The van der Waals surface area contributed by atoms with Crippen molar-refractivity contribution in [3.05, 3.63) is 29.6 Å². The van der Waals surface area contributed by atoms with E-state index in [0.29, 0.717) is 30.4 Å². The standard InChI is InChI=1S/C11H14N6O2/c1-7-5-8(10(18)19)15-11(14-7)12-4-3-9-13-6-17(2)16-9/h5-6H,3-4H2,1-2H3,(H,18,19)(H,12,14,15). The molecular formula is C11H14N6O2. The van der Waals surface area contributed by atoms with Crippen LogP contribution in [0.5, 0.6) is 0 Å². The van der Waals surface area contributed by atoms with Crippen molar-refractivity contribution in [2.45, 2.75) is 13.3 Å². The molecule has 2 heterocycles. The lowest BCUT2D eigenvalue weighted by molar-refractivity contribution is 0.0690. The minimum Gasteiger partial charge on any atom is -0.477 e. The summed E-state index contributed by atoms with van der Waals surface area (Å²) in [5.74, 6) is -0.0608. The van der Waals surface area contributed by atoms with Gasteiger partial charge in [0.2, 0.25) is 5.95 Å². The van der Waals surface area contributed by atoms with Crippen LogP contribution in [0.25, 0.3) is 0 Å². The third kappa shape index (κ3) is 3.47. The molecule has 0 saturated carbocycles. The van der Waals surface area contributed by atoms with E-state index in [2.05, 4.69) is 25.4 Å². The second-order valence-electron chi connectivity index (χ2n) is 4.03. The maximum absolute atomic E-state index is 10.9. The number of nitrogens with zero attached hydrogens (tertiary/aromatic N) is 5. The molecular weight excluding hydrogens is 248 g/mol. The number of nitrogens with one attached hydrogen (secondary N) is 1. The van der Waals surface area contributed by atoms with E-state index >= 15 is 0 Å². The molecule has 2 N–H and O–H groups in total. The molecule has 0 unspecified atom stereocenters. The van der Waals surface area contributed by atoms with E-state index in [1.807, 2.05) is 0 Å². The first-order chi connectivity index (χ1) is 9.04. The summed E-state index contributed by atoms with van der Waals surface area (Å²) in [6.45, 7) is 2.26. The monoisotopic (exact) mass is 262 g/mol. The molecule has 0 aliphatic rings. The fraction of sp³-hybridized carbons (Fsp3) is 0.364. The van der Waals surface area contributed by atoms with Crippen LogP contribution in [0, 0.1) is 6.92 Å². The third-order valence-electron chi connectivity index (χ3n) is 2.35. The van der Waals surface area contributed by atoms with Crippen LogP contribution in [0.1, 0.15) is 22.0 Å². The second kappa shape index (κ2) is 5.42. The Labute approximate surface area is 109 Å². The zero-order valence-electron chi connectivity index (χ0n) is 10.7. The SMILES string of the molecule is Cc1cc(C(=O)O)nc(NCCc2ncn(C)n2)n1. The van der Waals surface area contributed by atoms with Gasteiger partial charge in [-0.3, -0.25) is 4.68 Å². The first-order valence-corrected chi connectivity index (χ1v) is 5.72. The number of aromatic nitrogens is 5. The molecule has 2 aromatic heterocycles. The number of anilines is 1. The zero-order chi connectivity index (χ0) is 13.8. The highest BCUT2D eigenvalue weighted by atomic mass is 16.4. The molecule has 0 aliphatic carbocycles. The van der Waals surface area contributed by atoms with E-state index in [-0.39, 0.29) is 5.69 Å². The minimum absolute atomic E-state index is 0.0223. The third-order valence-corrected chi connectivity index (χ3v) is 2.35. The fourth-order valence-electron chi connectivity index (χ4n) is 1.54. The predicted octanol–water partition coefficient (Wildman–Crippen LogP) is 0.266. The average Bonchev–Trinajstić information content (AvgIpc) is 2.74. The molecule has 100 valence electrons. The molecule has 0 amide bonds. The van der Waals surface area contributed by atoms with E-state index in [0.717, 1.165) is 0 Å². The highest BCUT2D eigenvalue weighted by molar-refractivity contribution is 5.85. The summed E-state index contributed by atoms with van der Waals surface area (Å²) < 4.78 is 1.63. The molecule has 0 atom stereocenters. The Morgan fingerprint density at radius 1 is 1.47 bits per heavy atom. The van der Waals surface area contributed by atoms with Crippen molar-refractivity contribution < 1.29 is 9.90 Å². The van der Waals surface area contributed by atoms with Gasteiger partial charge in [-0.25, -0.2) is 19.7 Å². The Morgan fingerprint density at radius 3 is 2.89 bits per heavy atom. The zero-order valence-corrected chi connectivity index (χ0v) is 10.7. The Morgan fingerprint density at radius 2 is 2.26 bits per heavy atom. The highest BCUT2D eigenvalue weighted by Crippen LogP contribution is 2.05. The molecule has 2 aromatic rings. The quantitative estimate of drug-likeness (QED) is 0.796. The van der Waals surface area contributed by atoms with Crippen molar-refractivity contribution in [2.75, 3.05) is 11.9 Å². The topological polar surface area (TPSA) is 106 Å². The smallest absolute Gasteiger partial charge is 0.354 e. The number of aryl methyl sites for hydroxylation is 2. The summed E-state index contributed by atoms with van der Waals surface area (Å²) in [6, 6.07) is 1.42. The van der Waals surface area contributed by atoms with E-state index in [9.17, 15) is 4.79 Å². The van der Waals surface area contributed by atoms with Gasteiger partial charge in [0.25, 0.3) is 0 Å². The lowest BCUT2D eigenvalue weighted by Gasteiger charge is -2.05. The number of hydrogen-bond acceptors (Lipinski definition) is 6. The Hall–Kier alpha value is -2.51. The normalized spacial score (nSPS) is 10.4. The average molecular weight is 262 g/mol. The number of aromatic carboxylic acids is 1. The van der Waals surface area contributed by atoms with Gasteiger partial charge >= 0.3 is 5.97 Å². The van der Waals surface area contributed by atoms with Gasteiger partial charge < -0.3 is 10.4 Å². The number of rotatable bonds is 5. The molecule has 0 aliphatic heterocycles. The van der Waals surface area contributed by atoms with Crippen LogP contribution in [0.15, 0.2) is 12.4 Å². The number of carboxylic acids is 1. The summed E-state index contributed by atoms with van der Waals surface area (Å²) in [6.07, 6.45) is 2.24. The van der Waals surface area contributed by atoms with Crippen LogP contribution in [-0.4, -0.2) is 42.4 Å². The first kappa shape index (κ1) is 12.9. The van der Waals surface area contributed by atoms with Gasteiger partial charge in [0.15, 0.2) is 11.5 Å². The van der Waals surface area contributed by atoms with Crippen LogP contribution < -0.4 is 5.32 Å². The maximum atomic E-state index is 10.9. The van der Waals surface area contributed by atoms with Crippen LogP contribution in [0.3, 0.4) is 0 Å². The Balaban J connectivity index is 1.97. The molecule has 0 aromatic carbocycles. The molecule has 19 heavy (non-hydrogen) atoms. The molecule has 8 heteroatoms. The Kier molecular flexibility index (Phi) is 3.69. The summed E-state index contributed by atoms with van der Waals surface area (Å²) >= 11 is 0. The van der Waals surface area contributed by atoms with Gasteiger partial charge in [-0.1, -0.05) is 0 Å². The van der Waals surface area contributed by atoms with Crippen molar-refractivity contribution >= 4 is 11.9 Å². The number of hydrogen-bond donors (Lipinski definition) is 2. The van der Waals surface area contributed by atoms with Crippen molar-refractivity contribution in [3.8, 4) is 0 Å². The molecule has 0 bridgehead atoms. The number of carboxylic acid groups (broad SMARTS) is 1. The van der Waals surface area contributed by atoms with E-state index in [1.165, 1.54) is 6.07 Å². The lowest BCUT2D eigenvalue weighted by atomic mass is 10.3. The largest absolute Gasteiger partial charge is 0.477 e. The molecule has 2 rings (SSSR count). The summed E-state index contributed by atoms with van der Waals surface area (Å²) in [7, 11) is 1.80. The van der Waals surface area contributed by atoms with Gasteiger partial charge in [-0.2, -0.15) is 5.10 Å². The summed E-state index contributed by atoms with van der Waals surface area (Å²) in [5.41, 5.74) is 0.580. The molecule has 0 fully saturated rings. The van der Waals surface area contributed by atoms with Gasteiger partial charge in [-0.15, -0.1) is 0 Å². The van der Waals surface area contributed by atoms with Crippen LogP contribution in [0.4, 0.5) is 5.95 Å². The number of carbonyl (C=O) groups is 1. The molecule has 0 saturated heterocycles. The highest BCUT2D eigenvalue weighted by Gasteiger charge is 2.08. The van der Waals surface area contributed by atoms with Crippen LogP contribution in [0.2, 0.25) is 0 Å². The van der Waals surface area contributed by atoms with Gasteiger partial charge in [0, 0.05) is 25.7 Å². The maximum Gasteiger partial charge on any atom is 0.354 e. The van der Waals surface area contributed by atoms with Crippen molar-refractivity contribution in [1.29, 1.82) is 0 Å². The second-order valence-corrected chi connectivity index (χ2v) is 4.03. The van der Waals surface area contributed by atoms with E-state index in [4.69, 9.17) is 5.11 Å². The molecule has 0 radical (unpaired) electrons. The molecule has 8 nitrogen and oxygen atoms in total. The summed E-state index contributed by atoms with van der Waals surface area (Å²) in [5, 5.41) is 16.0. The van der Waals surface area contributed by atoms with Crippen LogP contribution in [-0.2, 0) is 13.5 Å². The van der Waals surface area contributed by atoms with E-state index < -0.39 is 5.97 Å². The van der Waals surface area contributed by atoms with Crippen molar-refractivity contribution in [3.63, 3.8) is 0 Å². The lowest BCUT2D eigenvalue weighted by Crippen LogP contribution is -2.12. The molecule has 0 spiro atoms. The van der Waals surface area contributed by atoms with E-state index in [1.54, 1.807) is 25.0 Å². The fourth-order valence-corrected chi connectivity index (χ4v) is 1.54. The Bertz CT molecular complexity index is 595. The van der Waals surface area contributed by atoms with Gasteiger partial charge in [0.1, 0.15) is 6.33 Å². The minimum atomic E-state index is -1.07. The summed E-state index contributed by atoms with van der Waals surface area (Å²) in [4.78, 5) is 23.0. The van der Waals surface area contributed by atoms with Crippen LogP contribution >= 0.6 is 0 Å². The van der Waals surface area contributed by atoms with Crippen molar-refractivity contribution in [2.24, 2.45) is 7.05 Å². The predicted molar refractivity (Wildman–Crippen MR) is 66.9 cm³/mol.